The van der Waals surface area contributed by atoms with E-state index in [-0.39, 0.29) is 12.3 Å². The average molecular weight is 370 g/mol. The molecule has 0 spiro atoms. The molecule has 0 bridgehead atoms. The molecule has 2 aromatic rings. The monoisotopic (exact) mass is 370 g/mol. The number of methoxy groups -OCH3 is 1. The number of ether oxygens (including phenoxy) is 2. The van der Waals surface area contributed by atoms with Crippen LogP contribution < -0.4 is 20.3 Å². The number of amides is 2. The van der Waals surface area contributed by atoms with Crippen LogP contribution in [0.2, 0.25) is 0 Å². The Balaban J connectivity index is 1.82. The first-order valence-corrected chi connectivity index (χ1v) is 8.93. The molecule has 0 heterocycles. The first-order valence-electron chi connectivity index (χ1n) is 8.93. The summed E-state index contributed by atoms with van der Waals surface area (Å²) in [7, 11) is 1.58. The van der Waals surface area contributed by atoms with Crippen molar-refractivity contribution in [1.29, 1.82) is 0 Å². The topological polar surface area (TPSA) is 76.7 Å². The fourth-order valence-electron chi connectivity index (χ4n) is 2.31. The van der Waals surface area contributed by atoms with E-state index < -0.39 is 5.91 Å². The van der Waals surface area contributed by atoms with Gasteiger partial charge in [-0.25, -0.2) is 0 Å². The minimum atomic E-state index is -0.396. The van der Waals surface area contributed by atoms with E-state index in [0.29, 0.717) is 23.8 Å². The van der Waals surface area contributed by atoms with Gasteiger partial charge in [-0.1, -0.05) is 32.0 Å². The van der Waals surface area contributed by atoms with Gasteiger partial charge >= 0.3 is 0 Å². The number of rotatable bonds is 8. The van der Waals surface area contributed by atoms with Crippen LogP contribution in [0.4, 0.5) is 0 Å². The van der Waals surface area contributed by atoms with Gasteiger partial charge in [-0.15, -0.1) is 0 Å². The summed E-state index contributed by atoms with van der Waals surface area (Å²) in [6.07, 6.45) is 1.10. The number of hydrazine groups is 1. The number of hydrogen-bond acceptors (Lipinski definition) is 4. The molecule has 0 unspecified atom stereocenters. The Bertz CT molecular complexity index is 757. The molecule has 0 aliphatic rings. The van der Waals surface area contributed by atoms with Crippen LogP contribution in [0.15, 0.2) is 48.5 Å². The number of nitrogens with one attached hydrogen (secondary N) is 2. The van der Waals surface area contributed by atoms with E-state index in [1.165, 1.54) is 0 Å². The van der Waals surface area contributed by atoms with Gasteiger partial charge in [-0.05, 0) is 48.2 Å². The lowest BCUT2D eigenvalue weighted by Crippen LogP contribution is -2.42. The molecule has 0 aliphatic heterocycles. The molecule has 6 nitrogen and oxygen atoms in total. The van der Waals surface area contributed by atoms with E-state index in [0.717, 1.165) is 17.7 Å². The van der Waals surface area contributed by atoms with Crippen molar-refractivity contribution in [2.45, 2.75) is 26.7 Å². The standard InChI is InChI=1S/C21H26N2O4/c1-15(2)11-12-27-19-6-4-5-17(14-19)21(25)23-22-20(24)13-16-7-9-18(26-3)10-8-16/h4-10,14-15H,11-13H2,1-3H3,(H,22,24)(H,23,25). The van der Waals surface area contributed by atoms with E-state index in [1.54, 1.807) is 55.6 Å². The van der Waals surface area contributed by atoms with Gasteiger partial charge in [0, 0.05) is 5.56 Å². The van der Waals surface area contributed by atoms with Gasteiger partial charge < -0.3 is 9.47 Å². The first kappa shape index (κ1) is 20.3. The van der Waals surface area contributed by atoms with Crippen molar-refractivity contribution in [2.24, 2.45) is 5.92 Å². The highest BCUT2D eigenvalue weighted by Crippen LogP contribution is 2.14. The van der Waals surface area contributed by atoms with E-state index >= 15 is 0 Å². The summed E-state index contributed by atoms with van der Waals surface area (Å²) in [6, 6.07) is 14.1. The average Bonchev–Trinajstić information content (AvgIpc) is 2.66. The maximum atomic E-state index is 12.2. The Morgan fingerprint density at radius 2 is 1.74 bits per heavy atom. The third-order valence-electron chi connectivity index (χ3n) is 3.90. The van der Waals surface area contributed by atoms with E-state index in [2.05, 4.69) is 24.7 Å². The van der Waals surface area contributed by atoms with Crippen LogP contribution >= 0.6 is 0 Å². The van der Waals surface area contributed by atoms with E-state index in [9.17, 15) is 9.59 Å². The number of benzene rings is 2. The molecular formula is C21H26N2O4. The van der Waals surface area contributed by atoms with Gasteiger partial charge in [-0.2, -0.15) is 0 Å². The van der Waals surface area contributed by atoms with Crippen LogP contribution in [0.3, 0.4) is 0 Å². The predicted octanol–water partition coefficient (Wildman–Crippen LogP) is 3.12. The molecule has 6 heteroatoms. The van der Waals surface area contributed by atoms with Gasteiger partial charge in [-0.3, -0.25) is 20.4 Å². The predicted molar refractivity (Wildman–Crippen MR) is 104 cm³/mol. The zero-order valence-corrected chi connectivity index (χ0v) is 16.0. The van der Waals surface area contributed by atoms with E-state index in [1.807, 2.05) is 0 Å². The summed E-state index contributed by atoms with van der Waals surface area (Å²) in [5, 5.41) is 0. The highest BCUT2D eigenvalue weighted by atomic mass is 16.5. The van der Waals surface area contributed by atoms with Crippen molar-refractivity contribution in [3.05, 3.63) is 59.7 Å². The summed E-state index contributed by atoms with van der Waals surface area (Å²) in [4.78, 5) is 24.2. The summed E-state index contributed by atoms with van der Waals surface area (Å²) < 4.78 is 10.7. The molecule has 0 atom stereocenters. The second-order valence-corrected chi connectivity index (χ2v) is 6.59. The highest BCUT2D eigenvalue weighted by Gasteiger charge is 2.09. The van der Waals surface area contributed by atoms with Crippen LogP contribution in [0.25, 0.3) is 0 Å². The number of carbonyl (C=O) groups is 2. The van der Waals surface area contributed by atoms with Crippen molar-refractivity contribution in [2.75, 3.05) is 13.7 Å². The summed E-state index contributed by atoms with van der Waals surface area (Å²) in [5.41, 5.74) is 6.09. The molecule has 0 radical (unpaired) electrons. The molecule has 144 valence electrons. The number of hydrogen-bond donors (Lipinski definition) is 2. The zero-order valence-electron chi connectivity index (χ0n) is 16.0. The molecule has 0 aromatic heterocycles. The molecule has 0 saturated heterocycles. The van der Waals surface area contributed by atoms with Crippen molar-refractivity contribution >= 4 is 11.8 Å². The summed E-state index contributed by atoms with van der Waals surface area (Å²) in [6.45, 7) is 4.85. The summed E-state index contributed by atoms with van der Waals surface area (Å²) in [5.74, 6) is 1.21. The second-order valence-electron chi connectivity index (χ2n) is 6.59. The Labute approximate surface area is 159 Å². The number of carbonyl (C=O) groups excluding carboxylic acids is 2. The smallest absolute Gasteiger partial charge is 0.269 e. The SMILES string of the molecule is COc1ccc(CC(=O)NNC(=O)c2cccc(OCCC(C)C)c2)cc1. The minimum absolute atomic E-state index is 0.155. The lowest BCUT2D eigenvalue weighted by molar-refractivity contribution is -0.121. The molecule has 0 saturated carbocycles. The normalized spacial score (nSPS) is 10.4. The molecule has 27 heavy (non-hydrogen) atoms. The Morgan fingerprint density at radius 1 is 1.00 bits per heavy atom. The molecular weight excluding hydrogens is 344 g/mol. The minimum Gasteiger partial charge on any atom is -0.497 e. The highest BCUT2D eigenvalue weighted by molar-refractivity contribution is 5.95. The van der Waals surface area contributed by atoms with Crippen molar-refractivity contribution in [3.63, 3.8) is 0 Å². The Hall–Kier alpha value is -3.02. The maximum Gasteiger partial charge on any atom is 0.269 e. The van der Waals surface area contributed by atoms with Crippen LogP contribution in [0.1, 0.15) is 36.2 Å². The molecule has 0 aliphatic carbocycles. The van der Waals surface area contributed by atoms with Gasteiger partial charge in [0.2, 0.25) is 5.91 Å². The van der Waals surface area contributed by atoms with Crippen LogP contribution in [-0.4, -0.2) is 25.5 Å². The summed E-state index contributed by atoms with van der Waals surface area (Å²) >= 11 is 0. The van der Waals surface area contributed by atoms with Crippen molar-refractivity contribution in [1.82, 2.24) is 10.9 Å². The fourth-order valence-corrected chi connectivity index (χ4v) is 2.31. The van der Waals surface area contributed by atoms with Gasteiger partial charge in [0.15, 0.2) is 0 Å². The van der Waals surface area contributed by atoms with Crippen molar-refractivity contribution < 1.29 is 19.1 Å². The first-order chi connectivity index (χ1) is 13.0. The third-order valence-corrected chi connectivity index (χ3v) is 3.90. The molecule has 2 aromatic carbocycles. The van der Waals surface area contributed by atoms with Crippen LogP contribution in [0, 0.1) is 5.92 Å². The van der Waals surface area contributed by atoms with Crippen LogP contribution in [-0.2, 0) is 11.2 Å². The quantitative estimate of drug-likeness (QED) is 0.700. The van der Waals surface area contributed by atoms with Gasteiger partial charge in [0.25, 0.3) is 5.91 Å². The molecule has 2 amide bonds. The maximum absolute atomic E-state index is 12.2. The lowest BCUT2D eigenvalue weighted by Gasteiger charge is -2.10. The van der Waals surface area contributed by atoms with Gasteiger partial charge in [0.05, 0.1) is 20.1 Å². The Morgan fingerprint density at radius 3 is 2.41 bits per heavy atom. The Kier molecular flexibility index (Phi) is 7.67. The second kappa shape index (κ2) is 10.2. The fraction of sp³-hybridized carbons (Fsp3) is 0.333. The third kappa shape index (κ3) is 7.01. The molecule has 2 rings (SSSR count). The van der Waals surface area contributed by atoms with Crippen LogP contribution in [0.5, 0.6) is 11.5 Å². The van der Waals surface area contributed by atoms with Gasteiger partial charge in [0.1, 0.15) is 11.5 Å². The molecule has 2 N–H and O–H groups in total. The molecule has 0 fully saturated rings. The van der Waals surface area contributed by atoms with Crippen molar-refractivity contribution in [3.8, 4) is 11.5 Å². The largest absolute Gasteiger partial charge is 0.497 e. The van der Waals surface area contributed by atoms with E-state index in [4.69, 9.17) is 9.47 Å². The lowest BCUT2D eigenvalue weighted by atomic mass is 10.1. The zero-order chi connectivity index (χ0) is 19.6.